The number of carbonyl (C=O) groups is 1. The van der Waals surface area contributed by atoms with Crippen molar-refractivity contribution >= 4 is 50.9 Å². The van der Waals surface area contributed by atoms with E-state index in [0.29, 0.717) is 27.8 Å². The van der Waals surface area contributed by atoms with Crippen LogP contribution in [0.3, 0.4) is 0 Å². The summed E-state index contributed by atoms with van der Waals surface area (Å²) < 4.78 is 42.2. The second kappa shape index (κ2) is 8.48. The van der Waals surface area contributed by atoms with Crippen molar-refractivity contribution < 1.29 is 18.0 Å². The number of alkyl halides is 3. The number of carbonyl (C=O) groups excluding carboxylic acids is 1. The average molecular weight is 537 g/mol. The number of rotatable bonds is 6. The number of anilines is 1. The Morgan fingerprint density at radius 2 is 1.87 bits per heavy atom. The van der Waals surface area contributed by atoms with Crippen molar-refractivity contribution in [2.24, 2.45) is 0 Å². The van der Waals surface area contributed by atoms with Crippen LogP contribution in [0, 0.1) is 0 Å². The monoisotopic (exact) mass is 535 g/mol. The van der Waals surface area contributed by atoms with Gasteiger partial charge in [0.25, 0.3) is 0 Å². The number of nitrogens with zero attached hydrogens (tertiary/aromatic N) is 4. The van der Waals surface area contributed by atoms with Crippen LogP contribution in [0.15, 0.2) is 34.9 Å². The minimum atomic E-state index is -4.61. The second-order valence-electron chi connectivity index (χ2n) is 7.12. The molecule has 1 aromatic carbocycles. The summed E-state index contributed by atoms with van der Waals surface area (Å²) >= 11 is 15.3. The predicted molar refractivity (Wildman–Crippen MR) is 113 cm³/mol. The summed E-state index contributed by atoms with van der Waals surface area (Å²) in [7, 11) is 0. The van der Waals surface area contributed by atoms with Crippen molar-refractivity contribution in [1.29, 1.82) is 0 Å². The fourth-order valence-electron chi connectivity index (χ4n) is 3.18. The molecule has 0 unspecified atom stereocenters. The minimum Gasteiger partial charge on any atom is -0.308 e. The molecule has 4 rings (SSSR count). The molecule has 31 heavy (non-hydrogen) atoms. The van der Waals surface area contributed by atoms with E-state index >= 15 is 0 Å². The molecule has 6 nitrogen and oxygen atoms in total. The van der Waals surface area contributed by atoms with Gasteiger partial charge in [-0.2, -0.15) is 23.4 Å². The van der Waals surface area contributed by atoms with Gasteiger partial charge in [0.2, 0.25) is 5.91 Å². The molecular formula is C19H15BrCl2F3N5O. The van der Waals surface area contributed by atoms with E-state index in [4.69, 9.17) is 23.2 Å². The molecule has 2 aromatic heterocycles. The largest absolute Gasteiger partial charge is 0.436 e. The van der Waals surface area contributed by atoms with Gasteiger partial charge in [-0.3, -0.25) is 14.2 Å². The fraction of sp³-hybridized carbons (Fsp3) is 0.316. The molecule has 0 radical (unpaired) electrons. The summed E-state index contributed by atoms with van der Waals surface area (Å²) in [4.78, 5) is 12.5. The minimum absolute atomic E-state index is 0.0367. The molecule has 1 aliphatic carbocycles. The van der Waals surface area contributed by atoms with Crippen LogP contribution in [0.5, 0.6) is 0 Å². The maximum absolute atomic E-state index is 13.2. The molecule has 1 amide bonds. The van der Waals surface area contributed by atoms with Gasteiger partial charge in [0.05, 0.1) is 16.7 Å². The maximum atomic E-state index is 13.2. The predicted octanol–water partition coefficient (Wildman–Crippen LogP) is 5.73. The van der Waals surface area contributed by atoms with Crippen molar-refractivity contribution in [2.45, 2.75) is 38.0 Å². The molecule has 0 aliphatic heterocycles. The number of hydrogen-bond acceptors (Lipinski definition) is 3. The molecular weight excluding hydrogens is 522 g/mol. The lowest BCUT2D eigenvalue weighted by atomic mass is 10.2. The number of benzene rings is 1. The van der Waals surface area contributed by atoms with Gasteiger partial charge in [-0.25, -0.2) is 0 Å². The zero-order chi connectivity index (χ0) is 22.3. The summed E-state index contributed by atoms with van der Waals surface area (Å²) in [6, 6.07) is 6.73. The van der Waals surface area contributed by atoms with Crippen LogP contribution in [0.1, 0.15) is 35.7 Å². The molecule has 0 saturated heterocycles. The molecule has 12 heteroatoms. The Labute approximate surface area is 193 Å². The lowest BCUT2D eigenvalue weighted by molar-refractivity contribution is -0.142. The summed E-state index contributed by atoms with van der Waals surface area (Å²) in [5, 5.41) is 11.5. The summed E-state index contributed by atoms with van der Waals surface area (Å²) in [6.45, 7) is -0.0645. The Kier molecular flexibility index (Phi) is 6.06. The van der Waals surface area contributed by atoms with Crippen molar-refractivity contribution in [1.82, 2.24) is 19.6 Å². The maximum Gasteiger partial charge on any atom is 0.436 e. The zero-order valence-electron chi connectivity index (χ0n) is 15.8. The molecule has 0 spiro atoms. The van der Waals surface area contributed by atoms with Gasteiger partial charge < -0.3 is 5.32 Å². The average Bonchev–Trinajstić information content (AvgIpc) is 3.32. The van der Waals surface area contributed by atoms with Crippen LogP contribution >= 0.6 is 39.1 Å². The molecule has 3 aromatic rings. The first-order valence-electron chi connectivity index (χ1n) is 9.23. The Bertz CT molecular complexity index is 1120. The van der Waals surface area contributed by atoms with Gasteiger partial charge in [0, 0.05) is 33.8 Å². The molecule has 164 valence electrons. The highest BCUT2D eigenvalue weighted by atomic mass is 79.9. The van der Waals surface area contributed by atoms with E-state index in [9.17, 15) is 18.0 Å². The SMILES string of the molecule is O=C(Cn1nc(C(F)(F)F)c(Br)c1C1CC1)Nc1ccn(Cc2c(Cl)cccc2Cl)n1. The number of hydrogen-bond donors (Lipinski definition) is 1. The Morgan fingerprint density at radius 3 is 2.48 bits per heavy atom. The van der Waals surface area contributed by atoms with Gasteiger partial charge >= 0.3 is 6.18 Å². The van der Waals surface area contributed by atoms with Crippen LogP contribution < -0.4 is 5.32 Å². The molecule has 1 saturated carbocycles. The molecule has 2 heterocycles. The van der Waals surface area contributed by atoms with E-state index in [-0.39, 0.29) is 22.8 Å². The second-order valence-corrected chi connectivity index (χ2v) is 8.73. The third-order valence-corrected chi connectivity index (χ3v) is 6.24. The number of amides is 1. The first kappa shape index (κ1) is 22.2. The molecule has 0 bridgehead atoms. The van der Waals surface area contributed by atoms with E-state index in [0.717, 1.165) is 17.5 Å². The van der Waals surface area contributed by atoms with Gasteiger partial charge in [-0.15, -0.1) is 0 Å². The van der Waals surface area contributed by atoms with Gasteiger partial charge in [-0.05, 0) is 40.9 Å². The Morgan fingerprint density at radius 1 is 1.19 bits per heavy atom. The molecule has 1 aliphatic rings. The number of halogens is 6. The first-order chi connectivity index (χ1) is 14.6. The van der Waals surface area contributed by atoms with Crippen molar-refractivity contribution in [2.75, 3.05) is 5.32 Å². The normalized spacial score (nSPS) is 14.1. The zero-order valence-corrected chi connectivity index (χ0v) is 18.9. The molecule has 1 N–H and O–H groups in total. The molecule has 1 fully saturated rings. The first-order valence-corrected chi connectivity index (χ1v) is 10.8. The molecule has 0 atom stereocenters. The standard InChI is InChI=1S/C19H15BrCl2F3N5O/c20-16-17(10-4-5-10)30(28-18(16)19(23,24)25)9-15(31)26-14-6-7-29(27-14)8-11-12(21)2-1-3-13(11)22/h1-3,6-7,10H,4-5,8-9H2,(H,26,27,31). The van der Waals surface area contributed by atoms with Gasteiger partial charge in [-0.1, -0.05) is 29.3 Å². The van der Waals surface area contributed by atoms with Crippen LogP contribution in [0.4, 0.5) is 19.0 Å². The third-order valence-electron chi connectivity index (χ3n) is 4.75. The van der Waals surface area contributed by atoms with Crippen LogP contribution in [0.2, 0.25) is 10.0 Å². The topological polar surface area (TPSA) is 64.7 Å². The fourth-order valence-corrected chi connectivity index (χ4v) is 4.53. The van der Waals surface area contributed by atoms with Crippen molar-refractivity contribution in [3.05, 3.63) is 61.9 Å². The van der Waals surface area contributed by atoms with E-state index in [1.54, 1.807) is 35.1 Å². The van der Waals surface area contributed by atoms with Crippen molar-refractivity contribution in [3.63, 3.8) is 0 Å². The quantitative estimate of drug-likeness (QED) is 0.437. The van der Waals surface area contributed by atoms with Crippen LogP contribution in [0.25, 0.3) is 0 Å². The highest BCUT2D eigenvalue weighted by molar-refractivity contribution is 9.10. The van der Waals surface area contributed by atoms with Crippen LogP contribution in [-0.2, 0) is 24.1 Å². The smallest absolute Gasteiger partial charge is 0.308 e. The van der Waals surface area contributed by atoms with Crippen LogP contribution in [-0.4, -0.2) is 25.5 Å². The third kappa shape index (κ3) is 4.91. The van der Waals surface area contributed by atoms with Crippen molar-refractivity contribution in [3.8, 4) is 0 Å². The highest BCUT2D eigenvalue weighted by Gasteiger charge is 2.42. The van der Waals surface area contributed by atoms with Gasteiger partial charge in [0.1, 0.15) is 6.54 Å². The summed E-state index contributed by atoms with van der Waals surface area (Å²) in [5.74, 6) is -0.319. The highest BCUT2D eigenvalue weighted by Crippen LogP contribution is 2.46. The summed E-state index contributed by atoms with van der Waals surface area (Å²) in [5.41, 5.74) is 0.0476. The van der Waals surface area contributed by atoms with E-state index in [1.165, 1.54) is 0 Å². The lowest BCUT2D eigenvalue weighted by Crippen LogP contribution is -2.21. The number of aromatic nitrogens is 4. The Balaban J connectivity index is 1.47. The van der Waals surface area contributed by atoms with Gasteiger partial charge in [0.15, 0.2) is 11.5 Å². The Hall–Kier alpha value is -2.04. The summed E-state index contributed by atoms with van der Waals surface area (Å²) in [6.07, 6.45) is -1.45. The van der Waals surface area contributed by atoms with E-state index in [1.807, 2.05) is 0 Å². The lowest BCUT2D eigenvalue weighted by Gasteiger charge is -2.08. The van der Waals surface area contributed by atoms with E-state index < -0.39 is 17.8 Å². The van der Waals surface area contributed by atoms with E-state index in [2.05, 4.69) is 31.4 Å². The number of nitrogens with one attached hydrogen (secondary N) is 1.